The van der Waals surface area contributed by atoms with E-state index in [9.17, 15) is 0 Å². The number of ether oxygens (including phenoxy) is 1. The van der Waals surface area contributed by atoms with Crippen LogP contribution in [0.2, 0.25) is 0 Å². The highest BCUT2D eigenvalue weighted by molar-refractivity contribution is 4.50. The van der Waals surface area contributed by atoms with Gasteiger partial charge in [0, 0.05) is 13.2 Å². The molecule has 0 amide bonds. The molecule has 0 heterocycles. The highest BCUT2D eigenvalue weighted by Crippen LogP contribution is 1.91. The van der Waals surface area contributed by atoms with Gasteiger partial charge in [-0.25, -0.2) is 0 Å². The molecule has 0 aromatic heterocycles. The van der Waals surface area contributed by atoms with Gasteiger partial charge < -0.3 is 14.9 Å². The average molecular weight is 148 g/mol. The Bertz CT molecular complexity index is 65.9. The van der Waals surface area contributed by atoms with Crippen molar-refractivity contribution in [3.63, 3.8) is 0 Å². The standard InChI is InChI=1S/C7H16O3/c1-2-4-10-5-3-7(9)6-8/h7-9H,2-6H2,1H3. The van der Waals surface area contributed by atoms with Crippen molar-refractivity contribution in [3.8, 4) is 0 Å². The van der Waals surface area contributed by atoms with Gasteiger partial charge in [0.05, 0.1) is 12.7 Å². The fourth-order valence-electron chi connectivity index (χ4n) is 0.557. The third-order valence-electron chi connectivity index (χ3n) is 1.15. The molecule has 1 unspecified atom stereocenters. The highest BCUT2D eigenvalue weighted by Gasteiger charge is 1.99. The molecule has 0 spiro atoms. The quantitative estimate of drug-likeness (QED) is 0.527. The SMILES string of the molecule is CCCOCCC(O)CO. The molecular weight excluding hydrogens is 132 g/mol. The van der Waals surface area contributed by atoms with Gasteiger partial charge >= 0.3 is 0 Å². The van der Waals surface area contributed by atoms with E-state index in [-0.39, 0.29) is 6.61 Å². The smallest absolute Gasteiger partial charge is 0.0792 e. The molecule has 1 atom stereocenters. The van der Waals surface area contributed by atoms with Crippen LogP contribution in [0.5, 0.6) is 0 Å². The minimum absolute atomic E-state index is 0.171. The third-order valence-corrected chi connectivity index (χ3v) is 1.15. The van der Waals surface area contributed by atoms with Crippen LogP contribution in [0.25, 0.3) is 0 Å². The van der Waals surface area contributed by atoms with E-state index in [4.69, 9.17) is 14.9 Å². The number of rotatable bonds is 6. The molecular formula is C7H16O3. The Morgan fingerprint density at radius 2 is 2.10 bits per heavy atom. The molecule has 0 fully saturated rings. The third kappa shape index (κ3) is 6.01. The highest BCUT2D eigenvalue weighted by atomic mass is 16.5. The van der Waals surface area contributed by atoms with E-state index in [0.29, 0.717) is 13.0 Å². The van der Waals surface area contributed by atoms with E-state index in [1.807, 2.05) is 6.92 Å². The van der Waals surface area contributed by atoms with E-state index in [2.05, 4.69) is 0 Å². The Morgan fingerprint density at radius 3 is 2.60 bits per heavy atom. The van der Waals surface area contributed by atoms with Crippen LogP contribution in [0, 0.1) is 0 Å². The van der Waals surface area contributed by atoms with Gasteiger partial charge in [0.25, 0.3) is 0 Å². The van der Waals surface area contributed by atoms with Gasteiger partial charge in [-0.05, 0) is 12.8 Å². The largest absolute Gasteiger partial charge is 0.394 e. The van der Waals surface area contributed by atoms with Crippen molar-refractivity contribution in [2.45, 2.75) is 25.9 Å². The lowest BCUT2D eigenvalue weighted by Crippen LogP contribution is -2.14. The second kappa shape index (κ2) is 6.99. The molecule has 0 aromatic carbocycles. The Balaban J connectivity index is 2.89. The summed E-state index contributed by atoms with van der Waals surface area (Å²) in [4.78, 5) is 0. The number of hydrogen-bond acceptors (Lipinski definition) is 3. The number of aliphatic hydroxyl groups is 2. The average Bonchev–Trinajstić information content (AvgIpc) is 1.98. The van der Waals surface area contributed by atoms with Gasteiger partial charge in [-0.15, -0.1) is 0 Å². The van der Waals surface area contributed by atoms with Crippen LogP contribution < -0.4 is 0 Å². The summed E-state index contributed by atoms with van der Waals surface area (Å²) >= 11 is 0. The van der Waals surface area contributed by atoms with Gasteiger partial charge in [-0.3, -0.25) is 0 Å². The van der Waals surface area contributed by atoms with Crippen molar-refractivity contribution in [2.24, 2.45) is 0 Å². The molecule has 2 N–H and O–H groups in total. The zero-order chi connectivity index (χ0) is 7.82. The van der Waals surface area contributed by atoms with Crippen LogP contribution in [0.3, 0.4) is 0 Å². The second-order valence-electron chi connectivity index (χ2n) is 2.24. The first-order chi connectivity index (χ1) is 4.81. The first-order valence-electron chi connectivity index (χ1n) is 3.68. The van der Waals surface area contributed by atoms with Crippen molar-refractivity contribution >= 4 is 0 Å². The van der Waals surface area contributed by atoms with Crippen LogP contribution in [0.15, 0.2) is 0 Å². The molecule has 62 valence electrons. The summed E-state index contributed by atoms with van der Waals surface area (Å²) in [6.45, 7) is 3.13. The Hall–Kier alpha value is -0.120. The molecule has 0 aliphatic rings. The maximum absolute atomic E-state index is 8.83. The van der Waals surface area contributed by atoms with E-state index >= 15 is 0 Å². The van der Waals surface area contributed by atoms with Crippen LogP contribution in [-0.4, -0.2) is 36.1 Å². The van der Waals surface area contributed by atoms with Crippen molar-refractivity contribution in [2.75, 3.05) is 19.8 Å². The zero-order valence-electron chi connectivity index (χ0n) is 6.42. The van der Waals surface area contributed by atoms with Crippen LogP contribution in [0.4, 0.5) is 0 Å². The van der Waals surface area contributed by atoms with Crippen molar-refractivity contribution in [3.05, 3.63) is 0 Å². The molecule has 10 heavy (non-hydrogen) atoms. The van der Waals surface area contributed by atoms with Crippen molar-refractivity contribution in [1.82, 2.24) is 0 Å². The Kier molecular flexibility index (Phi) is 6.91. The van der Waals surface area contributed by atoms with Crippen molar-refractivity contribution < 1.29 is 14.9 Å². The molecule has 0 aromatic rings. The van der Waals surface area contributed by atoms with Crippen molar-refractivity contribution in [1.29, 1.82) is 0 Å². The molecule has 0 aliphatic carbocycles. The number of hydrogen-bond donors (Lipinski definition) is 2. The molecule has 0 saturated carbocycles. The van der Waals surface area contributed by atoms with E-state index < -0.39 is 6.10 Å². The minimum Gasteiger partial charge on any atom is -0.394 e. The summed E-state index contributed by atoms with van der Waals surface area (Å²) in [7, 11) is 0. The Labute approximate surface area is 61.6 Å². The molecule has 0 aliphatic heterocycles. The molecule has 0 bridgehead atoms. The van der Waals surface area contributed by atoms with Gasteiger partial charge in [-0.1, -0.05) is 6.92 Å². The fraction of sp³-hybridized carbons (Fsp3) is 1.00. The van der Waals surface area contributed by atoms with Crippen LogP contribution in [-0.2, 0) is 4.74 Å². The van der Waals surface area contributed by atoms with Gasteiger partial charge in [-0.2, -0.15) is 0 Å². The number of aliphatic hydroxyl groups excluding tert-OH is 2. The minimum atomic E-state index is -0.614. The molecule has 0 radical (unpaired) electrons. The Morgan fingerprint density at radius 1 is 1.40 bits per heavy atom. The van der Waals surface area contributed by atoms with E-state index in [1.54, 1.807) is 0 Å². The molecule has 3 heteroatoms. The first-order valence-corrected chi connectivity index (χ1v) is 3.68. The summed E-state index contributed by atoms with van der Waals surface area (Å²) in [6, 6.07) is 0. The van der Waals surface area contributed by atoms with Gasteiger partial charge in [0.1, 0.15) is 0 Å². The first kappa shape index (κ1) is 9.88. The summed E-state index contributed by atoms with van der Waals surface area (Å²) in [5, 5.41) is 17.2. The maximum Gasteiger partial charge on any atom is 0.0792 e. The molecule has 3 nitrogen and oxygen atoms in total. The predicted octanol–water partition coefficient (Wildman–Crippen LogP) is 0.156. The van der Waals surface area contributed by atoms with Gasteiger partial charge in [0.15, 0.2) is 0 Å². The summed E-state index contributed by atoms with van der Waals surface area (Å²) in [5.41, 5.74) is 0. The summed E-state index contributed by atoms with van der Waals surface area (Å²) in [5.74, 6) is 0. The summed E-state index contributed by atoms with van der Waals surface area (Å²) in [6.07, 6.45) is 0.906. The lowest BCUT2D eigenvalue weighted by Gasteiger charge is -2.06. The maximum atomic E-state index is 8.83. The van der Waals surface area contributed by atoms with E-state index in [0.717, 1.165) is 13.0 Å². The van der Waals surface area contributed by atoms with Crippen LogP contribution >= 0.6 is 0 Å². The van der Waals surface area contributed by atoms with E-state index in [1.165, 1.54) is 0 Å². The van der Waals surface area contributed by atoms with Crippen LogP contribution in [0.1, 0.15) is 19.8 Å². The molecule has 0 saturated heterocycles. The fourth-order valence-corrected chi connectivity index (χ4v) is 0.557. The monoisotopic (exact) mass is 148 g/mol. The normalized spacial score (nSPS) is 13.5. The zero-order valence-corrected chi connectivity index (χ0v) is 6.42. The molecule has 0 rings (SSSR count). The lowest BCUT2D eigenvalue weighted by atomic mass is 10.3. The second-order valence-corrected chi connectivity index (χ2v) is 2.24. The topological polar surface area (TPSA) is 49.7 Å². The van der Waals surface area contributed by atoms with Gasteiger partial charge in [0.2, 0.25) is 0 Å². The summed E-state index contributed by atoms with van der Waals surface area (Å²) < 4.78 is 5.08. The predicted molar refractivity (Wildman–Crippen MR) is 38.8 cm³/mol. The lowest BCUT2D eigenvalue weighted by molar-refractivity contribution is 0.0487.